The molecule has 1 amide bonds. The average molecular weight is 473 g/mol. The van der Waals surface area contributed by atoms with Gasteiger partial charge in [0, 0.05) is 21.9 Å². The maximum Gasteiger partial charge on any atom is 0.418 e. The number of fused-ring (bicyclic) bond motifs is 1. The third-order valence-corrected chi connectivity index (χ3v) is 6.21. The first-order chi connectivity index (χ1) is 15.3. The van der Waals surface area contributed by atoms with Crippen molar-refractivity contribution in [3.8, 4) is 11.8 Å². The highest BCUT2D eigenvalue weighted by Gasteiger charge is 2.44. The number of hydrogen-bond donors (Lipinski definition) is 1. The molecule has 1 aromatic carbocycles. The summed E-state index contributed by atoms with van der Waals surface area (Å²) >= 11 is 7.82. The largest absolute Gasteiger partial charge is 0.418 e. The smallest absolute Gasteiger partial charge is 0.346 e. The van der Waals surface area contributed by atoms with Gasteiger partial charge in [-0.05, 0) is 36.1 Å². The van der Waals surface area contributed by atoms with Crippen molar-refractivity contribution in [2.24, 2.45) is 10.9 Å². The summed E-state index contributed by atoms with van der Waals surface area (Å²) < 4.78 is 41.7. The van der Waals surface area contributed by atoms with E-state index < -0.39 is 23.6 Å². The zero-order valence-electron chi connectivity index (χ0n) is 16.5. The Morgan fingerprint density at radius 1 is 1.19 bits per heavy atom. The Hall–Kier alpha value is -3.08. The van der Waals surface area contributed by atoms with Gasteiger partial charge < -0.3 is 5.32 Å². The van der Waals surface area contributed by atoms with Gasteiger partial charge in [0.1, 0.15) is 5.70 Å². The molecular weight excluding hydrogens is 457 g/mol. The van der Waals surface area contributed by atoms with Crippen LogP contribution in [0.5, 0.6) is 0 Å². The number of amides is 1. The van der Waals surface area contributed by atoms with E-state index in [0.29, 0.717) is 5.56 Å². The number of thiophene rings is 1. The summed E-state index contributed by atoms with van der Waals surface area (Å²) in [4.78, 5) is 17.5. The Morgan fingerprint density at radius 3 is 2.66 bits per heavy atom. The van der Waals surface area contributed by atoms with Crippen molar-refractivity contribution in [1.29, 1.82) is 0 Å². The van der Waals surface area contributed by atoms with Crippen LogP contribution >= 0.6 is 22.9 Å². The summed E-state index contributed by atoms with van der Waals surface area (Å²) in [5.74, 6) is 4.22. The third-order valence-electron chi connectivity index (χ3n) is 4.89. The summed E-state index contributed by atoms with van der Waals surface area (Å²) in [6, 6.07) is 12.7. The fourth-order valence-electron chi connectivity index (χ4n) is 3.34. The van der Waals surface area contributed by atoms with Crippen LogP contribution in [0.15, 0.2) is 86.9 Å². The summed E-state index contributed by atoms with van der Waals surface area (Å²) in [7, 11) is 0. The fraction of sp³-hybridized carbons (Fsp3) is 0.167. The molecule has 8 heteroatoms. The van der Waals surface area contributed by atoms with Gasteiger partial charge in [-0.25, -0.2) is 4.99 Å². The molecule has 0 spiro atoms. The molecule has 2 aliphatic rings. The average Bonchev–Trinajstić information content (AvgIpc) is 3.35. The highest BCUT2D eigenvalue weighted by atomic mass is 35.5. The van der Waals surface area contributed by atoms with Gasteiger partial charge in [0.2, 0.25) is 0 Å². The topological polar surface area (TPSA) is 41.5 Å². The SMILES string of the molecule is O=C(NCc1cccs1)C1=C(Cl)C2CC=C(C#Cc3ccccc3)C=C(C(F)(F)F)C2=N1. The van der Waals surface area contributed by atoms with E-state index in [4.69, 9.17) is 11.6 Å². The number of rotatable bonds is 3. The van der Waals surface area contributed by atoms with E-state index in [1.54, 1.807) is 30.3 Å². The van der Waals surface area contributed by atoms with Gasteiger partial charge in [0.15, 0.2) is 0 Å². The minimum Gasteiger partial charge on any atom is -0.346 e. The Bertz CT molecular complexity index is 1210. The molecule has 0 saturated carbocycles. The molecule has 0 saturated heterocycles. The molecule has 0 fully saturated rings. The molecule has 3 nitrogen and oxygen atoms in total. The van der Waals surface area contributed by atoms with Crippen molar-refractivity contribution in [3.63, 3.8) is 0 Å². The first-order valence-electron chi connectivity index (χ1n) is 9.68. The third kappa shape index (κ3) is 4.87. The number of nitrogens with zero attached hydrogens (tertiary/aromatic N) is 1. The van der Waals surface area contributed by atoms with E-state index >= 15 is 0 Å². The van der Waals surface area contributed by atoms with Crippen molar-refractivity contribution in [3.05, 3.63) is 92.3 Å². The Balaban J connectivity index is 1.62. The molecule has 1 aliphatic carbocycles. The molecule has 1 aromatic heterocycles. The van der Waals surface area contributed by atoms with E-state index in [1.807, 2.05) is 23.6 Å². The zero-order chi connectivity index (χ0) is 22.7. The number of nitrogens with one attached hydrogen (secondary N) is 1. The normalized spacial score (nSPS) is 18.0. The lowest BCUT2D eigenvalue weighted by Gasteiger charge is -2.15. The first kappa shape index (κ1) is 22.1. The number of halogens is 4. The molecule has 1 unspecified atom stereocenters. The van der Waals surface area contributed by atoms with Gasteiger partial charge in [-0.1, -0.05) is 53.8 Å². The van der Waals surface area contributed by atoms with Gasteiger partial charge in [-0.2, -0.15) is 13.2 Å². The van der Waals surface area contributed by atoms with E-state index in [0.717, 1.165) is 11.0 Å². The summed E-state index contributed by atoms with van der Waals surface area (Å²) in [5, 5.41) is 4.54. The Kier molecular flexibility index (Phi) is 6.35. The minimum atomic E-state index is -4.67. The molecule has 0 bridgehead atoms. The predicted octanol–water partition coefficient (Wildman–Crippen LogP) is 5.76. The van der Waals surface area contributed by atoms with Crippen LogP contribution in [-0.2, 0) is 11.3 Å². The van der Waals surface area contributed by atoms with Crippen molar-refractivity contribution >= 4 is 34.6 Å². The van der Waals surface area contributed by atoms with Crippen molar-refractivity contribution in [1.82, 2.24) is 5.32 Å². The number of carbonyl (C=O) groups is 1. The van der Waals surface area contributed by atoms with Crippen LogP contribution in [0, 0.1) is 17.8 Å². The van der Waals surface area contributed by atoms with E-state index in [9.17, 15) is 18.0 Å². The van der Waals surface area contributed by atoms with Gasteiger partial charge in [-0.15, -0.1) is 11.3 Å². The highest BCUT2D eigenvalue weighted by molar-refractivity contribution is 7.09. The molecule has 4 rings (SSSR count). The van der Waals surface area contributed by atoms with Crippen LogP contribution in [0.1, 0.15) is 16.9 Å². The van der Waals surface area contributed by atoms with Gasteiger partial charge in [-0.3, -0.25) is 4.79 Å². The predicted molar refractivity (Wildman–Crippen MR) is 120 cm³/mol. The fourth-order valence-corrected chi connectivity index (χ4v) is 4.30. The quantitative estimate of drug-likeness (QED) is 0.567. The lowest BCUT2D eigenvalue weighted by molar-refractivity contribution is -0.117. The highest BCUT2D eigenvalue weighted by Crippen LogP contribution is 2.41. The van der Waals surface area contributed by atoms with Crippen molar-refractivity contribution in [2.45, 2.75) is 19.1 Å². The van der Waals surface area contributed by atoms with Crippen LogP contribution in [0.2, 0.25) is 0 Å². The summed E-state index contributed by atoms with van der Waals surface area (Å²) in [6.45, 7) is 0.251. The summed E-state index contributed by atoms with van der Waals surface area (Å²) in [6.07, 6.45) is -1.93. The number of carbonyl (C=O) groups excluding carboxylic acids is 1. The van der Waals surface area contributed by atoms with Crippen LogP contribution in [0.3, 0.4) is 0 Å². The van der Waals surface area contributed by atoms with E-state index in [2.05, 4.69) is 22.2 Å². The Labute approximate surface area is 192 Å². The lowest BCUT2D eigenvalue weighted by Crippen LogP contribution is -2.24. The number of alkyl halides is 3. The number of hydrogen-bond acceptors (Lipinski definition) is 3. The number of benzene rings is 1. The van der Waals surface area contributed by atoms with Crippen LogP contribution in [0.25, 0.3) is 0 Å². The molecule has 2 heterocycles. The molecule has 162 valence electrons. The molecule has 1 atom stereocenters. The second kappa shape index (κ2) is 9.19. The van der Waals surface area contributed by atoms with Crippen molar-refractivity contribution in [2.75, 3.05) is 0 Å². The maximum absolute atomic E-state index is 13.9. The number of allylic oxidation sites excluding steroid dienone is 5. The maximum atomic E-state index is 13.9. The molecule has 32 heavy (non-hydrogen) atoms. The van der Waals surface area contributed by atoms with Gasteiger partial charge >= 0.3 is 6.18 Å². The van der Waals surface area contributed by atoms with Gasteiger partial charge in [0.25, 0.3) is 5.91 Å². The monoisotopic (exact) mass is 472 g/mol. The Morgan fingerprint density at radius 2 is 1.97 bits per heavy atom. The molecular formula is C24H16ClF3N2OS. The lowest BCUT2D eigenvalue weighted by atomic mass is 9.95. The van der Waals surface area contributed by atoms with Crippen LogP contribution in [0.4, 0.5) is 13.2 Å². The van der Waals surface area contributed by atoms with Crippen molar-refractivity contribution < 1.29 is 18.0 Å². The second-order valence-electron chi connectivity index (χ2n) is 7.08. The molecule has 1 N–H and O–H groups in total. The summed E-state index contributed by atoms with van der Waals surface area (Å²) in [5.41, 5.74) is -0.443. The van der Waals surface area contributed by atoms with Crippen LogP contribution in [-0.4, -0.2) is 17.8 Å². The molecule has 0 radical (unpaired) electrons. The standard InChI is InChI=1S/C24H16ClF3N2OS/c25-20-18-11-10-16(9-8-15-5-2-1-3-6-15)13-19(24(26,27)28)21(18)30-22(20)23(31)29-14-17-7-4-12-32-17/h1-7,10,12-13,18H,11,14H2,(H,29,31). The minimum absolute atomic E-state index is 0.00680. The van der Waals surface area contributed by atoms with E-state index in [1.165, 1.54) is 11.3 Å². The zero-order valence-corrected chi connectivity index (χ0v) is 18.1. The number of aliphatic imine (C=N–C) groups is 1. The van der Waals surface area contributed by atoms with E-state index in [-0.39, 0.29) is 35.0 Å². The molecule has 1 aliphatic heterocycles. The van der Waals surface area contributed by atoms with Gasteiger partial charge in [0.05, 0.1) is 22.9 Å². The second-order valence-corrected chi connectivity index (χ2v) is 8.51. The van der Waals surface area contributed by atoms with Crippen LogP contribution < -0.4 is 5.32 Å². The molecule has 2 aromatic rings. The first-order valence-corrected chi connectivity index (χ1v) is 10.9.